The average Bonchev–Trinajstić information content (AvgIpc) is 3.15. The van der Waals surface area contributed by atoms with Gasteiger partial charge in [-0.05, 0) is 43.6 Å². The minimum Gasteiger partial charge on any atom is -0.342 e. The quantitative estimate of drug-likeness (QED) is 0.854. The van der Waals surface area contributed by atoms with Crippen molar-refractivity contribution in [3.8, 4) is 0 Å². The Kier molecular flexibility index (Phi) is 5.26. The van der Waals surface area contributed by atoms with Crippen LogP contribution in [0.5, 0.6) is 0 Å². The van der Waals surface area contributed by atoms with E-state index in [1.54, 1.807) is 16.7 Å². The molecule has 0 aliphatic carbocycles. The van der Waals surface area contributed by atoms with Crippen LogP contribution in [0.25, 0.3) is 0 Å². The highest BCUT2D eigenvalue weighted by molar-refractivity contribution is 8.00. The zero-order chi connectivity index (χ0) is 16.2. The van der Waals surface area contributed by atoms with Gasteiger partial charge in [-0.15, -0.1) is 11.8 Å². The molecule has 2 fully saturated rings. The smallest absolute Gasteiger partial charge is 0.235 e. The molecule has 3 rings (SSSR count). The number of anilines is 1. The predicted molar refractivity (Wildman–Crippen MR) is 94.6 cm³/mol. The van der Waals surface area contributed by atoms with Crippen molar-refractivity contribution in [2.75, 3.05) is 30.8 Å². The van der Waals surface area contributed by atoms with Gasteiger partial charge in [-0.25, -0.2) is 0 Å². The summed E-state index contributed by atoms with van der Waals surface area (Å²) in [5, 5.41) is 0.161. The number of hydrogen-bond donors (Lipinski definition) is 0. The Hall–Kier alpha value is -1.49. The number of thioether (sulfide) groups is 1. The number of benzene rings is 1. The van der Waals surface area contributed by atoms with Gasteiger partial charge in [0.25, 0.3) is 0 Å². The Bertz CT molecular complexity index is 549. The molecule has 0 bridgehead atoms. The predicted octanol–water partition coefficient (Wildman–Crippen LogP) is 2.78. The Labute approximate surface area is 142 Å². The van der Waals surface area contributed by atoms with E-state index in [-0.39, 0.29) is 23.0 Å². The first-order chi connectivity index (χ1) is 11.2. The van der Waals surface area contributed by atoms with E-state index in [1.165, 1.54) is 0 Å². The summed E-state index contributed by atoms with van der Waals surface area (Å²) in [7, 11) is 1.84. The van der Waals surface area contributed by atoms with Crippen LogP contribution >= 0.6 is 11.8 Å². The van der Waals surface area contributed by atoms with Crippen LogP contribution in [0.2, 0.25) is 0 Å². The maximum absolute atomic E-state index is 12.6. The number of hydrogen-bond acceptors (Lipinski definition) is 3. The molecule has 2 aliphatic heterocycles. The average molecular weight is 332 g/mol. The second-order valence-electron chi connectivity index (χ2n) is 6.33. The summed E-state index contributed by atoms with van der Waals surface area (Å²) >= 11 is 1.79. The van der Waals surface area contributed by atoms with Crippen LogP contribution in [-0.2, 0) is 9.59 Å². The van der Waals surface area contributed by atoms with E-state index < -0.39 is 0 Å². The maximum Gasteiger partial charge on any atom is 0.235 e. The van der Waals surface area contributed by atoms with Crippen molar-refractivity contribution in [2.45, 2.75) is 30.9 Å². The van der Waals surface area contributed by atoms with Gasteiger partial charge < -0.3 is 9.80 Å². The van der Waals surface area contributed by atoms with Crippen molar-refractivity contribution in [3.63, 3.8) is 0 Å². The zero-order valence-electron chi connectivity index (χ0n) is 13.6. The molecule has 23 heavy (non-hydrogen) atoms. The lowest BCUT2D eigenvalue weighted by Gasteiger charge is -2.34. The van der Waals surface area contributed by atoms with Gasteiger partial charge in [-0.2, -0.15) is 0 Å². The van der Waals surface area contributed by atoms with E-state index in [1.807, 2.05) is 42.3 Å². The van der Waals surface area contributed by atoms with Crippen LogP contribution < -0.4 is 4.90 Å². The van der Waals surface area contributed by atoms with Crippen LogP contribution in [0.4, 0.5) is 5.69 Å². The van der Waals surface area contributed by atoms with E-state index in [2.05, 4.69) is 0 Å². The largest absolute Gasteiger partial charge is 0.342 e. The number of amides is 2. The number of carbonyl (C=O) groups is 2. The number of para-hydroxylation sites is 1. The van der Waals surface area contributed by atoms with Crippen LogP contribution in [0.1, 0.15) is 25.7 Å². The Morgan fingerprint density at radius 3 is 2.43 bits per heavy atom. The molecule has 2 heterocycles. The lowest BCUT2D eigenvalue weighted by atomic mass is 9.95. The molecule has 2 aliphatic rings. The number of likely N-dealkylation sites (tertiary alicyclic amines) is 1. The lowest BCUT2D eigenvalue weighted by Crippen LogP contribution is -2.45. The first-order valence-corrected chi connectivity index (χ1v) is 9.44. The molecule has 0 aromatic heterocycles. The Balaban J connectivity index is 1.54. The molecule has 0 spiro atoms. The van der Waals surface area contributed by atoms with Crippen LogP contribution in [0.15, 0.2) is 30.3 Å². The third-order valence-corrected chi connectivity index (χ3v) is 6.20. The van der Waals surface area contributed by atoms with E-state index in [4.69, 9.17) is 0 Å². The van der Waals surface area contributed by atoms with Crippen molar-refractivity contribution in [1.82, 2.24) is 4.90 Å². The fourth-order valence-corrected chi connectivity index (χ4v) is 4.62. The molecule has 2 saturated heterocycles. The van der Waals surface area contributed by atoms with E-state index in [0.29, 0.717) is 0 Å². The topological polar surface area (TPSA) is 40.6 Å². The summed E-state index contributed by atoms with van der Waals surface area (Å²) in [4.78, 5) is 28.8. The maximum atomic E-state index is 12.6. The summed E-state index contributed by atoms with van der Waals surface area (Å²) in [6, 6.07) is 9.74. The number of nitrogens with zero attached hydrogens (tertiary/aromatic N) is 2. The van der Waals surface area contributed by atoms with Crippen molar-refractivity contribution in [2.24, 2.45) is 5.92 Å². The highest BCUT2D eigenvalue weighted by atomic mass is 32.2. The number of rotatable bonds is 3. The second kappa shape index (κ2) is 7.39. The van der Waals surface area contributed by atoms with Crippen LogP contribution in [0.3, 0.4) is 0 Å². The molecule has 4 nitrogen and oxygen atoms in total. The van der Waals surface area contributed by atoms with Gasteiger partial charge in [0, 0.05) is 31.7 Å². The van der Waals surface area contributed by atoms with E-state index >= 15 is 0 Å². The van der Waals surface area contributed by atoms with Crippen molar-refractivity contribution in [1.29, 1.82) is 0 Å². The molecule has 5 heteroatoms. The molecule has 1 aromatic carbocycles. The van der Waals surface area contributed by atoms with Crippen LogP contribution in [-0.4, -0.2) is 47.9 Å². The van der Waals surface area contributed by atoms with E-state index in [0.717, 1.165) is 50.2 Å². The Morgan fingerprint density at radius 2 is 1.83 bits per heavy atom. The van der Waals surface area contributed by atoms with Gasteiger partial charge in [-0.3, -0.25) is 9.59 Å². The van der Waals surface area contributed by atoms with Gasteiger partial charge in [-0.1, -0.05) is 18.2 Å². The van der Waals surface area contributed by atoms with Crippen molar-refractivity contribution in [3.05, 3.63) is 30.3 Å². The monoisotopic (exact) mass is 332 g/mol. The minimum absolute atomic E-state index is 0.0282. The van der Waals surface area contributed by atoms with Crippen LogP contribution in [0, 0.1) is 5.92 Å². The third kappa shape index (κ3) is 3.71. The van der Waals surface area contributed by atoms with Crippen molar-refractivity contribution >= 4 is 29.3 Å². The van der Waals surface area contributed by atoms with Gasteiger partial charge in [0.05, 0.1) is 5.25 Å². The highest BCUT2D eigenvalue weighted by Crippen LogP contribution is 2.30. The molecule has 0 saturated carbocycles. The summed E-state index contributed by atoms with van der Waals surface area (Å²) in [5.74, 6) is 1.58. The molecule has 0 N–H and O–H groups in total. The first kappa shape index (κ1) is 16.4. The molecular weight excluding hydrogens is 308 g/mol. The van der Waals surface area contributed by atoms with Crippen molar-refractivity contribution < 1.29 is 9.59 Å². The molecule has 0 radical (unpaired) electrons. The lowest BCUT2D eigenvalue weighted by molar-refractivity contribution is -0.134. The second-order valence-corrected chi connectivity index (χ2v) is 7.64. The summed E-state index contributed by atoms with van der Waals surface area (Å²) in [6.45, 7) is 1.43. The Morgan fingerprint density at radius 1 is 1.13 bits per heavy atom. The molecule has 0 unspecified atom stereocenters. The molecule has 1 atom stereocenters. The number of piperidine rings is 1. The van der Waals surface area contributed by atoms with Gasteiger partial charge in [0.2, 0.25) is 11.8 Å². The SMILES string of the molecule is CN(C(=O)C1CCN(C(=O)[C@H]2CCCS2)CC1)c1ccccc1. The van der Waals surface area contributed by atoms with Gasteiger partial charge in [0.15, 0.2) is 0 Å². The first-order valence-electron chi connectivity index (χ1n) is 8.40. The normalized spacial score (nSPS) is 22.1. The summed E-state index contributed by atoms with van der Waals surface area (Å²) in [5.41, 5.74) is 0.929. The molecule has 124 valence electrons. The summed E-state index contributed by atoms with van der Waals surface area (Å²) in [6.07, 6.45) is 3.72. The fraction of sp³-hybridized carbons (Fsp3) is 0.556. The minimum atomic E-state index is 0.0282. The zero-order valence-corrected chi connectivity index (χ0v) is 14.4. The van der Waals surface area contributed by atoms with E-state index in [9.17, 15) is 9.59 Å². The molecule has 2 amide bonds. The highest BCUT2D eigenvalue weighted by Gasteiger charge is 2.33. The molecular formula is C18H24N2O2S. The standard InChI is InChI=1S/C18H24N2O2S/c1-19(15-6-3-2-4-7-15)17(21)14-9-11-20(12-10-14)18(22)16-8-5-13-23-16/h2-4,6-7,14,16H,5,8-13H2,1H3/t16-/m1/s1. The fourth-order valence-electron chi connectivity index (χ4n) is 3.38. The van der Waals surface area contributed by atoms with Gasteiger partial charge in [0.1, 0.15) is 0 Å². The van der Waals surface area contributed by atoms with Gasteiger partial charge >= 0.3 is 0 Å². The third-order valence-electron chi connectivity index (χ3n) is 4.84. The molecule has 1 aromatic rings. The summed E-state index contributed by atoms with van der Waals surface area (Å²) < 4.78 is 0. The number of carbonyl (C=O) groups excluding carboxylic acids is 2.